The zero-order valence-corrected chi connectivity index (χ0v) is 12.5. The van der Waals surface area contributed by atoms with Crippen LogP contribution in [-0.4, -0.2) is 7.05 Å². The van der Waals surface area contributed by atoms with E-state index in [0.29, 0.717) is 6.61 Å². The molecule has 0 fully saturated rings. The third kappa shape index (κ3) is 2.89. The van der Waals surface area contributed by atoms with E-state index < -0.39 is 0 Å². The fourth-order valence-corrected chi connectivity index (χ4v) is 2.57. The van der Waals surface area contributed by atoms with Gasteiger partial charge in [0.15, 0.2) is 0 Å². The second kappa shape index (κ2) is 6.20. The highest BCUT2D eigenvalue weighted by Gasteiger charge is 2.09. The quantitative estimate of drug-likeness (QED) is 0.759. The van der Waals surface area contributed by atoms with Gasteiger partial charge in [-0.3, -0.25) is 0 Å². The molecule has 3 aromatic rings. The van der Waals surface area contributed by atoms with Gasteiger partial charge in [-0.25, -0.2) is 0 Å². The van der Waals surface area contributed by atoms with E-state index in [2.05, 4.69) is 5.32 Å². The summed E-state index contributed by atoms with van der Waals surface area (Å²) in [5, 5.41) is 5.84. The molecule has 0 bridgehead atoms. The van der Waals surface area contributed by atoms with Crippen molar-refractivity contribution in [3.63, 3.8) is 0 Å². The average molecular weight is 302 g/mol. The summed E-state index contributed by atoms with van der Waals surface area (Å²) in [7, 11) is 1.91. The Labute approximate surface area is 128 Å². The maximum atomic E-state index is 6.21. The Morgan fingerprint density at radius 1 is 1.10 bits per heavy atom. The molecule has 1 heterocycles. The number of hydrogen-bond acceptors (Lipinski definition) is 3. The highest BCUT2D eigenvalue weighted by atomic mass is 35.5. The molecule has 0 amide bonds. The van der Waals surface area contributed by atoms with Gasteiger partial charge in [0.2, 0.25) is 0 Å². The van der Waals surface area contributed by atoms with Gasteiger partial charge in [0.1, 0.15) is 18.1 Å². The second-order valence-electron chi connectivity index (χ2n) is 4.78. The smallest absolute Gasteiger partial charge is 0.146 e. The summed E-state index contributed by atoms with van der Waals surface area (Å²) in [6.07, 6.45) is 1.69. The number of halogens is 1. The normalized spacial score (nSPS) is 11.0. The zero-order chi connectivity index (χ0) is 14.7. The van der Waals surface area contributed by atoms with Crippen LogP contribution in [0.4, 0.5) is 0 Å². The number of furan rings is 1. The predicted octanol–water partition coefficient (Wildman–Crippen LogP) is 4.38. The van der Waals surface area contributed by atoms with Crippen molar-refractivity contribution in [3.8, 4) is 5.75 Å². The van der Waals surface area contributed by atoms with Crippen molar-refractivity contribution in [2.45, 2.75) is 13.2 Å². The molecular formula is C17H16ClNO2. The topological polar surface area (TPSA) is 34.4 Å². The van der Waals surface area contributed by atoms with Gasteiger partial charge in [0.25, 0.3) is 0 Å². The number of benzene rings is 2. The maximum Gasteiger partial charge on any atom is 0.146 e. The van der Waals surface area contributed by atoms with Crippen LogP contribution in [0.1, 0.15) is 11.3 Å². The molecule has 1 aromatic heterocycles. The predicted molar refractivity (Wildman–Crippen MR) is 84.8 cm³/mol. The molecule has 0 aliphatic rings. The van der Waals surface area contributed by atoms with Gasteiger partial charge >= 0.3 is 0 Å². The molecule has 0 radical (unpaired) electrons. The molecular weight excluding hydrogens is 286 g/mol. The van der Waals surface area contributed by atoms with E-state index in [-0.39, 0.29) is 0 Å². The van der Waals surface area contributed by atoms with Crippen LogP contribution >= 0.6 is 11.6 Å². The Morgan fingerprint density at radius 2 is 1.90 bits per heavy atom. The summed E-state index contributed by atoms with van der Waals surface area (Å²) >= 11 is 6.21. The second-order valence-corrected chi connectivity index (χ2v) is 5.19. The van der Waals surface area contributed by atoms with Gasteiger partial charge in [0, 0.05) is 27.9 Å². The first-order chi connectivity index (χ1) is 10.3. The average Bonchev–Trinajstić information content (AvgIpc) is 2.95. The lowest BCUT2D eigenvalue weighted by Gasteiger charge is -2.10. The molecule has 0 aliphatic carbocycles. The summed E-state index contributed by atoms with van der Waals surface area (Å²) in [6, 6.07) is 13.6. The molecule has 21 heavy (non-hydrogen) atoms. The van der Waals surface area contributed by atoms with Crippen molar-refractivity contribution in [3.05, 3.63) is 65.1 Å². The zero-order valence-electron chi connectivity index (χ0n) is 11.7. The summed E-state index contributed by atoms with van der Waals surface area (Å²) in [6.45, 7) is 1.16. The van der Waals surface area contributed by atoms with Gasteiger partial charge in [0.05, 0.1) is 6.26 Å². The fourth-order valence-electron chi connectivity index (χ4n) is 2.35. The minimum Gasteiger partial charge on any atom is -0.485 e. The van der Waals surface area contributed by atoms with Crippen LogP contribution in [0, 0.1) is 0 Å². The van der Waals surface area contributed by atoms with E-state index in [0.717, 1.165) is 39.4 Å². The highest BCUT2D eigenvalue weighted by molar-refractivity contribution is 6.35. The van der Waals surface area contributed by atoms with Crippen molar-refractivity contribution in [1.29, 1.82) is 0 Å². The van der Waals surface area contributed by atoms with Crippen molar-refractivity contribution >= 4 is 22.4 Å². The van der Waals surface area contributed by atoms with E-state index in [1.807, 2.05) is 49.5 Å². The minimum atomic E-state index is 0.398. The molecule has 0 unspecified atom stereocenters. The fraction of sp³-hybridized carbons (Fsp3) is 0.176. The lowest BCUT2D eigenvalue weighted by molar-refractivity contribution is 0.271. The number of nitrogens with one attached hydrogen (secondary N) is 1. The van der Waals surface area contributed by atoms with Gasteiger partial charge < -0.3 is 14.5 Å². The van der Waals surface area contributed by atoms with E-state index in [1.54, 1.807) is 6.26 Å². The molecule has 0 spiro atoms. The number of fused-ring (bicyclic) bond motifs is 1. The van der Waals surface area contributed by atoms with Crippen LogP contribution in [-0.2, 0) is 13.2 Å². The van der Waals surface area contributed by atoms with Gasteiger partial charge in [-0.2, -0.15) is 0 Å². The number of hydrogen-bond donors (Lipinski definition) is 1. The van der Waals surface area contributed by atoms with Crippen molar-refractivity contribution in [1.82, 2.24) is 5.32 Å². The first-order valence-corrected chi connectivity index (χ1v) is 7.17. The molecule has 0 saturated heterocycles. The van der Waals surface area contributed by atoms with E-state index in [1.165, 1.54) is 0 Å². The number of rotatable bonds is 5. The SMILES string of the molecule is CNCc1ccoc1COc1ccc(Cl)c2ccccc12. The standard InChI is InChI=1S/C17H16ClNO2/c1-19-10-12-8-9-20-17(12)11-21-16-7-6-15(18)13-4-2-3-5-14(13)16/h2-9,19H,10-11H2,1H3. The molecule has 3 rings (SSSR count). The lowest BCUT2D eigenvalue weighted by Crippen LogP contribution is -2.07. The summed E-state index contributed by atoms with van der Waals surface area (Å²) in [4.78, 5) is 0. The summed E-state index contributed by atoms with van der Waals surface area (Å²) in [5.41, 5.74) is 1.11. The first kappa shape index (κ1) is 14.0. The van der Waals surface area contributed by atoms with Gasteiger partial charge in [-0.15, -0.1) is 0 Å². The monoisotopic (exact) mass is 301 g/mol. The molecule has 0 atom stereocenters. The molecule has 3 nitrogen and oxygen atoms in total. The van der Waals surface area contributed by atoms with Crippen LogP contribution in [0.2, 0.25) is 5.02 Å². The van der Waals surface area contributed by atoms with Crippen molar-refractivity contribution in [2.75, 3.05) is 7.05 Å². The maximum absolute atomic E-state index is 6.21. The number of ether oxygens (including phenoxy) is 1. The largest absolute Gasteiger partial charge is 0.485 e. The molecule has 0 saturated carbocycles. The van der Waals surface area contributed by atoms with Crippen LogP contribution in [0.25, 0.3) is 10.8 Å². The lowest BCUT2D eigenvalue weighted by atomic mass is 10.1. The summed E-state index contributed by atoms with van der Waals surface area (Å²) < 4.78 is 11.4. The van der Waals surface area contributed by atoms with E-state index in [4.69, 9.17) is 20.8 Å². The molecule has 108 valence electrons. The Hall–Kier alpha value is -1.97. The Kier molecular flexibility index (Phi) is 4.13. The molecule has 1 N–H and O–H groups in total. The molecule has 0 aliphatic heterocycles. The van der Waals surface area contributed by atoms with E-state index in [9.17, 15) is 0 Å². The Balaban J connectivity index is 1.85. The van der Waals surface area contributed by atoms with Crippen LogP contribution in [0.5, 0.6) is 5.75 Å². The van der Waals surface area contributed by atoms with Crippen LogP contribution < -0.4 is 10.1 Å². The minimum absolute atomic E-state index is 0.398. The van der Waals surface area contributed by atoms with Crippen molar-refractivity contribution in [2.24, 2.45) is 0 Å². The van der Waals surface area contributed by atoms with E-state index >= 15 is 0 Å². The first-order valence-electron chi connectivity index (χ1n) is 6.79. The third-order valence-electron chi connectivity index (χ3n) is 3.39. The Bertz CT molecular complexity index is 751. The van der Waals surface area contributed by atoms with Crippen LogP contribution in [0.15, 0.2) is 53.1 Å². The highest BCUT2D eigenvalue weighted by Crippen LogP contribution is 2.31. The molecule has 2 aromatic carbocycles. The van der Waals surface area contributed by atoms with Gasteiger partial charge in [-0.05, 0) is 25.2 Å². The Morgan fingerprint density at radius 3 is 2.71 bits per heavy atom. The third-order valence-corrected chi connectivity index (χ3v) is 3.72. The summed E-state index contributed by atoms with van der Waals surface area (Å²) in [5.74, 6) is 1.64. The van der Waals surface area contributed by atoms with Crippen LogP contribution in [0.3, 0.4) is 0 Å². The van der Waals surface area contributed by atoms with Crippen molar-refractivity contribution < 1.29 is 9.15 Å². The van der Waals surface area contributed by atoms with Gasteiger partial charge in [-0.1, -0.05) is 35.9 Å². The molecule has 4 heteroatoms.